The summed E-state index contributed by atoms with van der Waals surface area (Å²) in [6.45, 7) is 2.00. The Morgan fingerprint density at radius 3 is 2.77 bits per heavy atom. The molecule has 2 aromatic heterocycles. The van der Waals surface area contributed by atoms with E-state index < -0.39 is 0 Å². The van der Waals surface area contributed by atoms with E-state index in [1.165, 1.54) is 6.33 Å². The molecule has 2 heterocycles. The predicted octanol–water partition coefficient (Wildman–Crippen LogP) is 2.69. The van der Waals surface area contributed by atoms with Gasteiger partial charge in [-0.25, -0.2) is 9.97 Å². The lowest BCUT2D eigenvalue weighted by Gasteiger charge is -1.95. The van der Waals surface area contributed by atoms with E-state index in [0.717, 1.165) is 21.2 Å². The summed E-state index contributed by atoms with van der Waals surface area (Å²) in [6.07, 6.45) is 1.47. The SMILES string of the molecule is Cc1c(Br)c2c(Cl)ncnc2n1C. The van der Waals surface area contributed by atoms with Crippen LogP contribution < -0.4 is 0 Å². The first-order valence-electron chi connectivity index (χ1n) is 3.74. The van der Waals surface area contributed by atoms with Crippen LogP contribution in [0.2, 0.25) is 5.15 Å². The Hall–Kier alpha value is -0.610. The summed E-state index contributed by atoms with van der Waals surface area (Å²) >= 11 is 9.42. The van der Waals surface area contributed by atoms with Gasteiger partial charge in [-0.3, -0.25) is 0 Å². The number of fused-ring (bicyclic) bond motifs is 1. The van der Waals surface area contributed by atoms with Gasteiger partial charge in [-0.05, 0) is 22.9 Å². The molecule has 0 fully saturated rings. The molecule has 68 valence electrons. The monoisotopic (exact) mass is 259 g/mol. The Labute approximate surface area is 88.9 Å². The molecular weight excluding hydrogens is 253 g/mol. The van der Waals surface area contributed by atoms with Gasteiger partial charge >= 0.3 is 0 Å². The van der Waals surface area contributed by atoms with Gasteiger partial charge in [0.25, 0.3) is 0 Å². The van der Waals surface area contributed by atoms with E-state index in [1.54, 1.807) is 0 Å². The Kier molecular flexibility index (Phi) is 2.04. The number of aryl methyl sites for hydroxylation is 1. The van der Waals surface area contributed by atoms with Crippen LogP contribution in [0.5, 0.6) is 0 Å². The summed E-state index contributed by atoms with van der Waals surface area (Å²) < 4.78 is 2.95. The van der Waals surface area contributed by atoms with Gasteiger partial charge in [0, 0.05) is 12.7 Å². The fraction of sp³-hybridized carbons (Fsp3) is 0.250. The first-order valence-corrected chi connectivity index (χ1v) is 4.91. The average molecular weight is 261 g/mol. The fourth-order valence-electron chi connectivity index (χ4n) is 1.29. The zero-order valence-corrected chi connectivity index (χ0v) is 9.52. The van der Waals surface area contributed by atoms with Crippen LogP contribution in [0, 0.1) is 6.92 Å². The van der Waals surface area contributed by atoms with Crippen LogP contribution >= 0.6 is 27.5 Å². The van der Waals surface area contributed by atoms with Crippen molar-refractivity contribution in [1.29, 1.82) is 0 Å². The molecule has 0 amide bonds. The average Bonchev–Trinajstić information content (AvgIpc) is 2.33. The van der Waals surface area contributed by atoms with Gasteiger partial charge in [0.05, 0.1) is 9.86 Å². The van der Waals surface area contributed by atoms with E-state index in [-0.39, 0.29) is 0 Å². The highest BCUT2D eigenvalue weighted by molar-refractivity contribution is 9.10. The molecule has 0 aliphatic carbocycles. The summed E-state index contributed by atoms with van der Waals surface area (Å²) in [5.74, 6) is 0. The highest BCUT2D eigenvalue weighted by Crippen LogP contribution is 2.32. The Morgan fingerprint density at radius 1 is 1.46 bits per heavy atom. The van der Waals surface area contributed by atoms with Crippen molar-refractivity contribution in [3.8, 4) is 0 Å². The van der Waals surface area contributed by atoms with Crippen LogP contribution in [0.1, 0.15) is 5.69 Å². The molecule has 2 rings (SSSR count). The maximum atomic E-state index is 5.95. The molecule has 0 aliphatic heterocycles. The molecule has 0 spiro atoms. The van der Waals surface area contributed by atoms with Crippen molar-refractivity contribution in [3.05, 3.63) is 21.6 Å². The largest absolute Gasteiger partial charge is 0.332 e. The van der Waals surface area contributed by atoms with Crippen LogP contribution in [0.15, 0.2) is 10.8 Å². The third kappa shape index (κ3) is 1.16. The zero-order chi connectivity index (χ0) is 9.59. The fourth-order valence-corrected chi connectivity index (χ4v) is 2.25. The molecule has 5 heteroatoms. The van der Waals surface area contributed by atoms with Gasteiger partial charge in [-0.15, -0.1) is 0 Å². The number of halogens is 2. The van der Waals surface area contributed by atoms with E-state index in [4.69, 9.17) is 11.6 Å². The first kappa shape index (κ1) is 8.97. The topological polar surface area (TPSA) is 30.7 Å². The van der Waals surface area contributed by atoms with E-state index in [1.807, 2.05) is 18.5 Å². The normalized spacial score (nSPS) is 11.1. The van der Waals surface area contributed by atoms with Gasteiger partial charge in [0.2, 0.25) is 0 Å². The summed E-state index contributed by atoms with van der Waals surface area (Å²) in [5, 5.41) is 1.37. The summed E-state index contributed by atoms with van der Waals surface area (Å²) in [6, 6.07) is 0. The van der Waals surface area contributed by atoms with Gasteiger partial charge in [-0.2, -0.15) is 0 Å². The smallest absolute Gasteiger partial charge is 0.145 e. The quantitative estimate of drug-likeness (QED) is 0.682. The first-order chi connectivity index (χ1) is 6.13. The molecule has 0 radical (unpaired) electrons. The highest BCUT2D eigenvalue weighted by atomic mass is 79.9. The predicted molar refractivity (Wildman–Crippen MR) is 56.0 cm³/mol. The maximum Gasteiger partial charge on any atom is 0.145 e. The standard InChI is InChI=1S/C8H7BrClN3/c1-4-6(9)5-7(10)11-3-12-8(5)13(4)2/h3H,1-2H3. The lowest BCUT2D eigenvalue weighted by molar-refractivity contribution is 0.896. The maximum absolute atomic E-state index is 5.95. The van der Waals surface area contributed by atoms with E-state index in [9.17, 15) is 0 Å². The lowest BCUT2D eigenvalue weighted by Crippen LogP contribution is -1.92. The number of rotatable bonds is 0. The van der Waals surface area contributed by atoms with Gasteiger partial charge in [0.15, 0.2) is 0 Å². The Bertz CT molecular complexity index is 478. The van der Waals surface area contributed by atoms with Gasteiger partial charge in [0.1, 0.15) is 17.1 Å². The van der Waals surface area contributed by atoms with Crippen LogP contribution in [0.4, 0.5) is 0 Å². The van der Waals surface area contributed by atoms with Crippen LogP contribution in [0.25, 0.3) is 11.0 Å². The molecule has 0 saturated heterocycles. The molecule has 3 nitrogen and oxygen atoms in total. The minimum Gasteiger partial charge on any atom is -0.332 e. The van der Waals surface area contributed by atoms with Crippen LogP contribution in [-0.2, 0) is 7.05 Å². The summed E-state index contributed by atoms with van der Waals surface area (Å²) in [5.41, 5.74) is 1.95. The van der Waals surface area contributed by atoms with Crippen LogP contribution in [0.3, 0.4) is 0 Å². The van der Waals surface area contributed by atoms with Crippen molar-refractivity contribution in [2.24, 2.45) is 7.05 Å². The molecule has 13 heavy (non-hydrogen) atoms. The second-order valence-corrected chi connectivity index (χ2v) is 3.97. The second-order valence-electron chi connectivity index (χ2n) is 2.82. The van der Waals surface area contributed by atoms with Crippen molar-refractivity contribution in [2.45, 2.75) is 6.92 Å². The van der Waals surface area contributed by atoms with E-state index >= 15 is 0 Å². The molecule has 0 unspecified atom stereocenters. The molecule has 0 saturated carbocycles. The molecular formula is C8H7BrClN3. The minimum atomic E-state index is 0.487. The van der Waals surface area contributed by atoms with E-state index in [0.29, 0.717) is 5.15 Å². The lowest BCUT2D eigenvalue weighted by atomic mass is 10.4. The summed E-state index contributed by atoms with van der Waals surface area (Å²) in [4.78, 5) is 8.09. The van der Waals surface area contributed by atoms with Crippen molar-refractivity contribution in [2.75, 3.05) is 0 Å². The third-order valence-corrected chi connectivity index (χ3v) is 3.40. The highest BCUT2D eigenvalue weighted by Gasteiger charge is 2.13. The Morgan fingerprint density at radius 2 is 2.15 bits per heavy atom. The molecule has 0 aromatic carbocycles. The number of hydrogen-bond acceptors (Lipinski definition) is 2. The van der Waals surface area contributed by atoms with Gasteiger partial charge < -0.3 is 4.57 Å². The number of nitrogens with zero attached hydrogens (tertiary/aromatic N) is 3. The van der Waals surface area contributed by atoms with Crippen molar-refractivity contribution in [1.82, 2.24) is 14.5 Å². The van der Waals surface area contributed by atoms with Crippen molar-refractivity contribution >= 4 is 38.6 Å². The van der Waals surface area contributed by atoms with Crippen LogP contribution in [-0.4, -0.2) is 14.5 Å². The van der Waals surface area contributed by atoms with Crippen molar-refractivity contribution in [3.63, 3.8) is 0 Å². The van der Waals surface area contributed by atoms with E-state index in [2.05, 4.69) is 25.9 Å². The zero-order valence-electron chi connectivity index (χ0n) is 7.17. The minimum absolute atomic E-state index is 0.487. The molecule has 2 aromatic rings. The Balaban J connectivity index is 3.03. The third-order valence-electron chi connectivity index (χ3n) is 2.14. The molecule has 0 atom stereocenters. The second kappa shape index (κ2) is 2.96. The molecule has 0 bridgehead atoms. The van der Waals surface area contributed by atoms with Gasteiger partial charge in [-0.1, -0.05) is 11.6 Å². The number of hydrogen-bond donors (Lipinski definition) is 0. The van der Waals surface area contributed by atoms with Crippen molar-refractivity contribution < 1.29 is 0 Å². The summed E-state index contributed by atoms with van der Waals surface area (Å²) in [7, 11) is 1.95. The molecule has 0 N–H and O–H groups in total. The molecule has 0 aliphatic rings. The number of aromatic nitrogens is 3.